The van der Waals surface area contributed by atoms with Crippen molar-refractivity contribution in [3.63, 3.8) is 0 Å². The van der Waals surface area contributed by atoms with E-state index in [1.54, 1.807) is 61.2 Å². The third-order valence-electron chi connectivity index (χ3n) is 4.93. The van der Waals surface area contributed by atoms with Crippen LogP contribution in [0.5, 0.6) is 0 Å². The summed E-state index contributed by atoms with van der Waals surface area (Å²) in [5.74, 6) is -0.816. The van der Waals surface area contributed by atoms with Gasteiger partial charge in [-0.25, -0.2) is 4.68 Å². The number of carbonyl (C=O) groups excluding carboxylic acids is 2. The number of carbonyl (C=O) groups is 2. The van der Waals surface area contributed by atoms with Gasteiger partial charge in [-0.05, 0) is 32.0 Å². The van der Waals surface area contributed by atoms with Crippen LogP contribution >= 0.6 is 23.2 Å². The van der Waals surface area contributed by atoms with Gasteiger partial charge in [0.1, 0.15) is 0 Å². The molecule has 1 unspecified atom stereocenters. The molecule has 1 amide bonds. The van der Waals surface area contributed by atoms with Crippen molar-refractivity contribution in [3.8, 4) is 5.69 Å². The molecule has 6 nitrogen and oxygen atoms in total. The Morgan fingerprint density at radius 2 is 1.74 bits per heavy atom. The van der Waals surface area contributed by atoms with Crippen LogP contribution in [0.1, 0.15) is 28.6 Å². The number of halogens is 2. The highest BCUT2D eigenvalue weighted by molar-refractivity contribution is 6.42. The molecule has 0 spiro atoms. The van der Waals surface area contributed by atoms with Crippen molar-refractivity contribution in [1.29, 1.82) is 0 Å². The van der Waals surface area contributed by atoms with E-state index in [0.717, 1.165) is 16.9 Å². The number of hydrogen-bond donors (Lipinski definition) is 0. The summed E-state index contributed by atoms with van der Waals surface area (Å²) in [6.07, 6.45) is -1.02. The number of ether oxygens (including phenoxy) is 1. The molecule has 2 aromatic carbocycles. The third-order valence-corrected chi connectivity index (χ3v) is 5.67. The minimum atomic E-state index is -1.01. The van der Waals surface area contributed by atoms with Crippen LogP contribution in [0.25, 0.3) is 5.69 Å². The molecule has 0 aliphatic carbocycles. The summed E-state index contributed by atoms with van der Waals surface area (Å²) in [4.78, 5) is 26.8. The van der Waals surface area contributed by atoms with Gasteiger partial charge < -0.3 is 9.64 Å². The second kappa shape index (κ2) is 9.54. The Morgan fingerprint density at radius 3 is 2.35 bits per heavy atom. The van der Waals surface area contributed by atoms with E-state index in [2.05, 4.69) is 5.10 Å². The molecule has 0 fully saturated rings. The summed E-state index contributed by atoms with van der Waals surface area (Å²) in [6.45, 7) is 3.69. The topological polar surface area (TPSA) is 64.4 Å². The van der Waals surface area contributed by atoms with E-state index < -0.39 is 12.1 Å². The Morgan fingerprint density at radius 1 is 1.06 bits per heavy atom. The molecule has 162 valence electrons. The zero-order valence-corrected chi connectivity index (χ0v) is 19.2. The van der Waals surface area contributed by atoms with Gasteiger partial charge in [0.05, 0.1) is 27.8 Å². The lowest BCUT2D eigenvalue weighted by Crippen LogP contribution is -2.31. The zero-order valence-electron chi connectivity index (χ0n) is 17.7. The normalized spacial score (nSPS) is 11.8. The molecule has 1 heterocycles. The summed E-state index contributed by atoms with van der Waals surface area (Å²) in [5.41, 5.74) is 3.56. The summed E-state index contributed by atoms with van der Waals surface area (Å²) < 4.78 is 7.33. The fourth-order valence-corrected chi connectivity index (χ4v) is 3.53. The van der Waals surface area contributed by atoms with Crippen molar-refractivity contribution >= 4 is 35.1 Å². The van der Waals surface area contributed by atoms with Crippen LogP contribution in [0, 0.1) is 13.8 Å². The minimum Gasteiger partial charge on any atom is -0.447 e. The number of aromatic nitrogens is 2. The van der Waals surface area contributed by atoms with E-state index >= 15 is 0 Å². The third kappa shape index (κ3) is 5.09. The lowest BCUT2D eigenvalue weighted by atomic mass is 10.1. The van der Waals surface area contributed by atoms with Gasteiger partial charge in [-0.2, -0.15) is 5.10 Å². The number of aryl methyl sites for hydroxylation is 1. The molecule has 0 radical (unpaired) electrons. The van der Waals surface area contributed by atoms with Gasteiger partial charge in [0, 0.05) is 30.9 Å². The SMILES string of the molecule is Cc1nn(-c2ccc(Cl)c(Cl)c2)c(C)c1CC(=O)OC(C(=O)N(C)C)c1ccccc1. The van der Waals surface area contributed by atoms with Gasteiger partial charge in [0.15, 0.2) is 0 Å². The van der Waals surface area contributed by atoms with Crippen molar-refractivity contribution in [2.45, 2.75) is 26.4 Å². The second-order valence-corrected chi connectivity index (χ2v) is 8.16. The van der Waals surface area contributed by atoms with E-state index in [-0.39, 0.29) is 12.3 Å². The summed E-state index contributed by atoms with van der Waals surface area (Å²) in [7, 11) is 3.25. The van der Waals surface area contributed by atoms with Gasteiger partial charge in [0.2, 0.25) is 6.10 Å². The molecule has 0 aliphatic rings. The predicted octanol–water partition coefficient (Wildman–Crippen LogP) is 4.71. The molecular formula is C23H23Cl2N3O3. The fraction of sp³-hybridized carbons (Fsp3) is 0.261. The molecular weight excluding hydrogens is 437 g/mol. The van der Waals surface area contributed by atoms with Crippen LogP contribution in [0.15, 0.2) is 48.5 Å². The van der Waals surface area contributed by atoms with Crippen molar-refractivity contribution in [2.24, 2.45) is 0 Å². The van der Waals surface area contributed by atoms with Gasteiger partial charge in [-0.3, -0.25) is 9.59 Å². The summed E-state index contributed by atoms with van der Waals surface area (Å²) >= 11 is 12.1. The molecule has 0 saturated carbocycles. The number of likely N-dealkylation sites (N-methyl/N-ethyl adjacent to an activating group) is 1. The highest BCUT2D eigenvalue weighted by Crippen LogP contribution is 2.27. The van der Waals surface area contributed by atoms with E-state index in [1.807, 2.05) is 19.9 Å². The Bertz CT molecular complexity index is 1110. The minimum absolute atomic E-state index is 0.0109. The molecule has 1 aromatic heterocycles. The molecule has 3 rings (SSSR count). The van der Waals surface area contributed by atoms with Crippen LogP contribution in [0.4, 0.5) is 0 Å². The highest BCUT2D eigenvalue weighted by atomic mass is 35.5. The van der Waals surface area contributed by atoms with Crippen molar-refractivity contribution < 1.29 is 14.3 Å². The Hall–Kier alpha value is -2.83. The van der Waals surface area contributed by atoms with Gasteiger partial charge in [0.25, 0.3) is 5.91 Å². The number of hydrogen-bond acceptors (Lipinski definition) is 4. The number of benzene rings is 2. The van der Waals surface area contributed by atoms with E-state index in [4.69, 9.17) is 27.9 Å². The first-order chi connectivity index (χ1) is 14.7. The van der Waals surface area contributed by atoms with E-state index in [9.17, 15) is 9.59 Å². The maximum atomic E-state index is 12.8. The average Bonchev–Trinajstić information content (AvgIpc) is 3.02. The number of nitrogens with zero attached hydrogens (tertiary/aromatic N) is 3. The smallest absolute Gasteiger partial charge is 0.311 e. The quantitative estimate of drug-likeness (QED) is 0.500. The van der Waals surface area contributed by atoms with Crippen LogP contribution in [0.3, 0.4) is 0 Å². The molecule has 0 bridgehead atoms. The van der Waals surface area contributed by atoms with E-state index in [1.165, 1.54) is 4.90 Å². The van der Waals surface area contributed by atoms with Crippen LogP contribution in [-0.4, -0.2) is 40.7 Å². The molecule has 0 N–H and O–H groups in total. The largest absolute Gasteiger partial charge is 0.447 e. The van der Waals surface area contributed by atoms with E-state index in [0.29, 0.717) is 21.3 Å². The van der Waals surface area contributed by atoms with Crippen molar-refractivity contribution in [2.75, 3.05) is 14.1 Å². The first-order valence-corrected chi connectivity index (χ1v) is 10.4. The Kier molecular flexibility index (Phi) is 7.03. The van der Waals surface area contributed by atoms with Crippen LogP contribution in [-0.2, 0) is 20.7 Å². The summed E-state index contributed by atoms with van der Waals surface area (Å²) in [6, 6.07) is 14.2. The first kappa shape index (κ1) is 22.8. The van der Waals surface area contributed by atoms with Gasteiger partial charge in [-0.15, -0.1) is 0 Å². The lowest BCUT2D eigenvalue weighted by Gasteiger charge is -2.21. The Balaban J connectivity index is 1.85. The summed E-state index contributed by atoms with van der Waals surface area (Å²) in [5, 5.41) is 5.41. The monoisotopic (exact) mass is 459 g/mol. The molecule has 1 atom stereocenters. The molecule has 31 heavy (non-hydrogen) atoms. The zero-order chi connectivity index (χ0) is 22.7. The average molecular weight is 460 g/mol. The first-order valence-electron chi connectivity index (χ1n) is 9.65. The number of amides is 1. The number of esters is 1. The maximum absolute atomic E-state index is 12.8. The van der Waals surface area contributed by atoms with Crippen molar-refractivity contribution in [3.05, 3.63) is 81.1 Å². The van der Waals surface area contributed by atoms with Gasteiger partial charge >= 0.3 is 5.97 Å². The lowest BCUT2D eigenvalue weighted by molar-refractivity contribution is -0.159. The highest BCUT2D eigenvalue weighted by Gasteiger charge is 2.27. The molecule has 8 heteroatoms. The maximum Gasteiger partial charge on any atom is 0.311 e. The van der Waals surface area contributed by atoms with Crippen LogP contribution in [0.2, 0.25) is 10.0 Å². The standard InChI is InChI=1S/C23H23Cl2N3O3/c1-14-18(15(2)28(26-14)17-10-11-19(24)20(25)12-17)13-21(29)31-22(23(30)27(3)4)16-8-6-5-7-9-16/h5-12,22H,13H2,1-4H3. The predicted molar refractivity (Wildman–Crippen MR) is 121 cm³/mol. The molecule has 3 aromatic rings. The van der Waals surface area contributed by atoms with Crippen LogP contribution < -0.4 is 0 Å². The second-order valence-electron chi connectivity index (χ2n) is 7.35. The Labute approximate surface area is 191 Å². The molecule has 0 aliphatic heterocycles. The number of rotatable bonds is 6. The molecule has 0 saturated heterocycles. The fourth-order valence-electron chi connectivity index (χ4n) is 3.24. The van der Waals surface area contributed by atoms with Crippen molar-refractivity contribution in [1.82, 2.24) is 14.7 Å². The van der Waals surface area contributed by atoms with Gasteiger partial charge in [-0.1, -0.05) is 53.5 Å².